The molecule has 0 amide bonds. The van der Waals surface area contributed by atoms with Crippen molar-refractivity contribution in [3.05, 3.63) is 0 Å². The van der Waals surface area contributed by atoms with Crippen LogP contribution in [0.25, 0.3) is 0 Å². The van der Waals surface area contributed by atoms with E-state index in [9.17, 15) is 9.67 Å². The SMILES string of the molecule is O=P(O)(O)OC1(CCCCC(O)CCCCC2(O[P+](O)(O)O)CC2)CC1. The summed E-state index contributed by atoms with van der Waals surface area (Å²) in [5.74, 6) is 0. The molecule has 0 aliphatic heterocycles. The van der Waals surface area contributed by atoms with Crippen LogP contribution in [0.2, 0.25) is 0 Å². The fraction of sp³-hybridized carbons (Fsp3) is 1.00. The van der Waals surface area contributed by atoms with Crippen LogP contribution in [0.15, 0.2) is 0 Å². The fourth-order valence-electron chi connectivity index (χ4n) is 3.36. The molecule has 11 heteroatoms. The van der Waals surface area contributed by atoms with Gasteiger partial charge in [-0.15, -0.1) is 4.52 Å². The molecule has 9 nitrogen and oxygen atoms in total. The number of aliphatic hydroxyl groups is 1. The lowest BCUT2D eigenvalue weighted by atomic mass is 10.0. The first-order valence-electron chi connectivity index (χ1n) is 9.15. The van der Waals surface area contributed by atoms with Crippen LogP contribution in [0.5, 0.6) is 0 Å². The van der Waals surface area contributed by atoms with Crippen molar-refractivity contribution in [3.63, 3.8) is 0 Å². The lowest BCUT2D eigenvalue weighted by Gasteiger charge is -2.17. The Morgan fingerprint density at radius 2 is 1.35 bits per heavy atom. The van der Waals surface area contributed by atoms with Crippen molar-refractivity contribution < 1.29 is 43.2 Å². The van der Waals surface area contributed by atoms with Crippen molar-refractivity contribution in [1.29, 1.82) is 0 Å². The Kier molecular flexibility index (Phi) is 7.64. The maximum atomic E-state index is 10.9. The average molecular weight is 417 g/mol. The molecule has 0 aromatic carbocycles. The van der Waals surface area contributed by atoms with Crippen LogP contribution in [0.1, 0.15) is 77.0 Å². The van der Waals surface area contributed by atoms with Gasteiger partial charge in [-0.05, 0) is 51.4 Å². The quantitative estimate of drug-likeness (QED) is 0.184. The van der Waals surface area contributed by atoms with Gasteiger partial charge in [-0.3, -0.25) is 4.52 Å². The Balaban J connectivity index is 1.50. The van der Waals surface area contributed by atoms with Crippen LogP contribution in [-0.2, 0) is 13.6 Å². The van der Waals surface area contributed by atoms with E-state index >= 15 is 0 Å². The molecule has 1 atom stereocenters. The van der Waals surface area contributed by atoms with Crippen LogP contribution in [-0.4, -0.2) is 46.9 Å². The molecule has 2 rings (SSSR count). The van der Waals surface area contributed by atoms with Gasteiger partial charge in [-0.2, -0.15) is 14.7 Å². The highest BCUT2D eigenvalue weighted by molar-refractivity contribution is 7.53. The van der Waals surface area contributed by atoms with E-state index in [1.165, 1.54) is 0 Å². The molecule has 2 fully saturated rings. The molecule has 2 saturated carbocycles. The van der Waals surface area contributed by atoms with Gasteiger partial charge in [0.2, 0.25) is 0 Å². The van der Waals surface area contributed by atoms with Crippen molar-refractivity contribution in [2.75, 3.05) is 0 Å². The highest BCUT2D eigenvalue weighted by Gasteiger charge is 2.55. The molecule has 0 saturated heterocycles. The van der Waals surface area contributed by atoms with E-state index in [2.05, 4.69) is 0 Å². The maximum Gasteiger partial charge on any atom is 0.567 e. The average Bonchev–Trinajstić information content (AvgIpc) is 3.37. The first-order valence-corrected chi connectivity index (χ1v) is 12.2. The van der Waals surface area contributed by atoms with E-state index in [4.69, 9.17) is 33.5 Å². The van der Waals surface area contributed by atoms with Crippen LogP contribution in [0, 0.1) is 0 Å². The van der Waals surface area contributed by atoms with Gasteiger partial charge >= 0.3 is 16.0 Å². The Morgan fingerprint density at radius 3 is 1.73 bits per heavy atom. The number of unbranched alkanes of at least 4 members (excludes halogenated alkanes) is 2. The molecule has 0 bridgehead atoms. The van der Waals surface area contributed by atoms with Gasteiger partial charge in [-0.1, -0.05) is 25.7 Å². The molecule has 0 spiro atoms. The predicted octanol–water partition coefficient (Wildman–Crippen LogP) is 2.31. The van der Waals surface area contributed by atoms with Gasteiger partial charge in [0.25, 0.3) is 0 Å². The minimum Gasteiger partial charge on any atom is -0.393 e. The Bertz CT molecular complexity index is 494. The van der Waals surface area contributed by atoms with Gasteiger partial charge in [0.1, 0.15) is 5.60 Å². The summed E-state index contributed by atoms with van der Waals surface area (Å²) in [6.07, 6.45) is 7.90. The normalized spacial score (nSPS) is 22.2. The molecule has 2 aliphatic rings. The third kappa shape index (κ3) is 9.02. The molecule has 0 aromatic heterocycles. The lowest BCUT2D eigenvalue weighted by molar-refractivity contribution is 0.0799. The molecule has 1 unspecified atom stereocenters. The molecule has 0 radical (unpaired) electrons. The van der Waals surface area contributed by atoms with Crippen molar-refractivity contribution in [1.82, 2.24) is 0 Å². The molecular weight excluding hydrogens is 386 g/mol. The molecule has 0 aromatic rings. The second-order valence-corrected chi connectivity index (χ2v) is 10.1. The number of hydrogen-bond donors (Lipinski definition) is 6. The highest BCUT2D eigenvalue weighted by atomic mass is 31.2. The summed E-state index contributed by atoms with van der Waals surface area (Å²) in [6, 6.07) is 0. The van der Waals surface area contributed by atoms with E-state index in [1.54, 1.807) is 0 Å². The van der Waals surface area contributed by atoms with Gasteiger partial charge < -0.3 is 14.9 Å². The summed E-state index contributed by atoms with van der Waals surface area (Å²) in [4.78, 5) is 44.7. The summed E-state index contributed by atoms with van der Waals surface area (Å²) in [7, 11) is -8.63. The van der Waals surface area contributed by atoms with E-state index in [0.717, 1.165) is 25.7 Å². The lowest BCUT2D eigenvalue weighted by Crippen LogP contribution is -2.15. The second kappa shape index (κ2) is 8.78. The number of phosphoric ester groups is 1. The topological polar surface area (TPSA) is 157 Å². The minimum absolute atomic E-state index is 0.427. The van der Waals surface area contributed by atoms with Crippen molar-refractivity contribution in [2.45, 2.75) is 94.4 Å². The molecule has 6 N–H and O–H groups in total. The molecule has 154 valence electrons. The smallest absolute Gasteiger partial charge is 0.393 e. The van der Waals surface area contributed by atoms with E-state index in [0.29, 0.717) is 51.4 Å². The maximum absolute atomic E-state index is 10.9. The van der Waals surface area contributed by atoms with Crippen molar-refractivity contribution >= 4 is 16.0 Å². The minimum atomic E-state index is -4.44. The summed E-state index contributed by atoms with van der Waals surface area (Å²) < 4.78 is 20.7. The zero-order valence-corrected chi connectivity index (χ0v) is 16.7. The number of hydrogen-bond acceptors (Lipinski definition) is 7. The van der Waals surface area contributed by atoms with E-state index in [-0.39, 0.29) is 0 Å². The van der Waals surface area contributed by atoms with Crippen LogP contribution in [0.4, 0.5) is 0 Å². The first-order chi connectivity index (χ1) is 11.9. The Hall–Kier alpha value is 0.340. The second-order valence-electron chi connectivity index (χ2n) is 7.70. The summed E-state index contributed by atoms with van der Waals surface area (Å²) >= 11 is 0. The first kappa shape index (κ1) is 22.6. The fourth-order valence-corrected chi connectivity index (χ4v) is 4.94. The van der Waals surface area contributed by atoms with Gasteiger partial charge in [0, 0.05) is 0 Å². The monoisotopic (exact) mass is 417 g/mol. The Morgan fingerprint density at radius 1 is 0.885 bits per heavy atom. The predicted molar refractivity (Wildman–Crippen MR) is 94.7 cm³/mol. The molecular formula is C15H31O9P2+. The third-order valence-electron chi connectivity index (χ3n) is 5.08. The van der Waals surface area contributed by atoms with Gasteiger partial charge in [0.15, 0.2) is 0 Å². The van der Waals surface area contributed by atoms with Crippen LogP contribution < -0.4 is 0 Å². The summed E-state index contributed by atoms with van der Waals surface area (Å²) in [6.45, 7) is 0. The van der Waals surface area contributed by atoms with Crippen LogP contribution >= 0.6 is 16.0 Å². The summed E-state index contributed by atoms with van der Waals surface area (Å²) in [5, 5.41) is 10.0. The van der Waals surface area contributed by atoms with Gasteiger partial charge in [0.05, 0.1) is 11.7 Å². The van der Waals surface area contributed by atoms with Crippen molar-refractivity contribution in [3.8, 4) is 0 Å². The number of phosphoric acid groups is 1. The van der Waals surface area contributed by atoms with Crippen LogP contribution in [0.3, 0.4) is 0 Å². The summed E-state index contributed by atoms with van der Waals surface area (Å²) in [5.41, 5.74) is -1.26. The number of rotatable bonds is 14. The molecule has 0 heterocycles. The zero-order valence-electron chi connectivity index (χ0n) is 14.9. The van der Waals surface area contributed by atoms with Crippen molar-refractivity contribution in [2.24, 2.45) is 0 Å². The standard InChI is InChI=1S/C15H30O9P2/c16-13(5-1-3-7-14(9-10-14)23-25(17,18)19)6-2-4-8-15(11-12-15)24-26(20,21)22/h13,16-19H,1-12H2,(H-,20,21,22)/p+1. The number of aliphatic hydroxyl groups excluding tert-OH is 1. The molecule has 26 heavy (non-hydrogen) atoms. The zero-order chi connectivity index (χ0) is 19.5. The molecule has 2 aliphatic carbocycles. The third-order valence-corrected chi connectivity index (χ3v) is 6.34. The Labute approximate surface area is 154 Å². The highest BCUT2D eigenvalue weighted by Crippen LogP contribution is 2.59. The largest absolute Gasteiger partial charge is 0.567 e. The van der Waals surface area contributed by atoms with E-state index in [1.807, 2.05) is 0 Å². The van der Waals surface area contributed by atoms with Gasteiger partial charge in [-0.25, -0.2) is 4.57 Å². The van der Waals surface area contributed by atoms with E-state index < -0.39 is 33.3 Å².